The maximum Gasteiger partial charge on any atom is 0.0453 e. The molecule has 2 nitrogen and oxygen atoms in total. The van der Waals surface area contributed by atoms with Crippen LogP contribution in [-0.2, 0) is 0 Å². The Morgan fingerprint density at radius 3 is 2.80 bits per heavy atom. The molecule has 3 unspecified atom stereocenters. The summed E-state index contributed by atoms with van der Waals surface area (Å²) in [6.07, 6.45) is 3.68. The molecule has 0 bridgehead atoms. The van der Waals surface area contributed by atoms with E-state index in [0.717, 1.165) is 18.1 Å². The summed E-state index contributed by atoms with van der Waals surface area (Å²) in [7, 11) is 0. The fourth-order valence-corrected chi connectivity index (χ4v) is 3.59. The lowest BCUT2D eigenvalue weighted by Gasteiger charge is -2.42. The molecule has 1 aromatic carbocycles. The molecule has 0 amide bonds. The number of halogens is 1. The standard InChI is InChI=1S/C17H27ClN2/c1-4-10-19-15-9-11-20(13(2)12-15)14(3)16-7-5-6-8-17(16)18/h5-8,13-15,19H,4,9-12H2,1-3H3. The Bertz CT molecular complexity index is 421. The number of piperidine rings is 1. The van der Waals surface area contributed by atoms with E-state index in [1.165, 1.54) is 24.8 Å². The summed E-state index contributed by atoms with van der Waals surface area (Å²) in [6.45, 7) is 9.13. The zero-order valence-electron chi connectivity index (χ0n) is 12.9. The largest absolute Gasteiger partial charge is 0.314 e. The lowest BCUT2D eigenvalue weighted by atomic mass is 9.94. The first-order chi connectivity index (χ1) is 9.63. The van der Waals surface area contributed by atoms with Crippen molar-refractivity contribution in [3.05, 3.63) is 34.9 Å². The molecule has 3 heteroatoms. The second-order valence-corrected chi connectivity index (χ2v) is 6.37. The summed E-state index contributed by atoms with van der Waals surface area (Å²) in [5.41, 5.74) is 1.25. The van der Waals surface area contributed by atoms with Crippen LogP contribution in [0.2, 0.25) is 5.02 Å². The van der Waals surface area contributed by atoms with Crippen LogP contribution in [0.5, 0.6) is 0 Å². The third-order valence-corrected chi connectivity index (χ3v) is 4.81. The van der Waals surface area contributed by atoms with Gasteiger partial charge >= 0.3 is 0 Å². The van der Waals surface area contributed by atoms with Crippen LogP contribution in [0.15, 0.2) is 24.3 Å². The lowest BCUT2D eigenvalue weighted by molar-refractivity contribution is 0.0956. The van der Waals surface area contributed by atoms with Crippen molar-refractivity contribution < 1.29 is 0 Å². The third kappa shape index (κ3) is 3.75. The molecule has 1 fully saturated rings. The average molecular weight is 295 g/mol. The summed E-state index contributed by atoms with van der Waals surface area (Å²) < 4.78 is 0. The van der Waals surface area contributed by atoms with E-state index in [9.17, 15) is 0 Å². The highest BCUT2D eigenvalue weighted by atomic mass is 35.5. The highest BCUT2D eigenvalue weighted by Crippen LogP contribution is 2.31. The molecule has 20 heavy (non-hydrogen) atoms. The van der Waals surface area contributed by atoms with E-state index in [4.69, 9.17) is 11.6 Å². The van der Waals surface area contributed by atoms with Crippen molar-refractivity contribution in [2.24, 2.45) is 0 Å². The highest BCUT2D eigenvalue weighted by Gasteiger charge is 2.29. The van der Waals surface area contributed by atoms with Gasteiger partial charge in [-0.3, -0.25) is 4.90 Å². The molecule has 1 heterocycles. The first kappa shape index (κ1) is 15.8. The van der Waals surface area contributed by atoms with Gasteiger partial charge in [-0.1, -0.05) is 36.7 Å². The fraction of sp³-hybridized carbons (Fsp3) is 0.647. The predicted octanol–water partition coefficient (Wildman–Crippen LogP) is 4.25. The zero-order chi connectivity index (χ0) is 14.5. The second-order valence-electron chi connectivity index (χ2n) is 5.96. The molecule has 0 spiro atoms. The number of benzene rings is 1. The number of hydrogen-bond donors (Lipinski definition) is 1. The lowest BCUT2D eigenvalue weighted by Crippen LogP contribution is -2.48. The van der Waals surface area contributed by atoms with Crippen LogP contribution in [-0.4, -0.2) is 30.1 Å². The molecule has 1 saturated heterocycles. The maximum absolute atomic E-state index is 6.34. The number of rotatable bonds is 5. The second kappa shape index (κ2) is 7.44. The van der Waals surface area contributed by atoms with E-state index < -0.39 is 0 Å². The van der Waals surface area contributed by atoms with Crippen molar-refractivity contribution in [3.63, 3.8) is 0 Å². The fourth-order valence-electron chi connectivity index (χ4n) is 3.29. The monoisotopic (exact) mass is 294 g/mol. The van der Waals surface area contributed by atoms with Crippen LogP contribution in [0, 0.1) is 0 Å². The van der Waals surface area contributed by atoms with Crippen LogP contribution in [0.4, 0.5) is 0 Å². The highest BCUT2D eigenvalue weighted by molar-refractivity contribution is 6.31. The minimum Gasteiger partial charge on any atom is -0.314 e. The van der Waals surface area contributed by atoms with Gasteiger partial charge in [-0.15, -0.1) is 0 Å². The normalized spacial score (nSPS) is 25.6. The molecule has 0 radical (unpaired) electrons. The molecule has 3 atom stereocenters. The summed E-state index contributed by atoms with van der Waals surface area (Å²) >= 11 is 6.34. The Labute approximate surface area is 128 Å². The van der Waals surface area contributed by atoms with Crippen molar-refractivity contribution in [2.45, 2.75) is 58.2 Å². The number of likely N-dealkylation sites (tertiary alicyclic amines) is 1. The van der Waals surface area contributed by atoms with Crippen molar-refractivity contribution in [1.82, 2.24) is 10.2 Å². The zero-order valence-corrected chi connectivity index (χ0v) is 13.7. The average Bonchev–Trinajstić information content (AvgIpc) is 2.45. The molecule has 1 aliphatic rings. The van der Waals surface area contributed by atoms with Gasteiger partial charge in [0.1, 0.15) is 0 Å². The molecule has 0 aromatic heterocycles. The minimum absolute atomic E-state index is 0.394. The van der Waals surface area contributed by atoms with Gasteiger partial charge < -0.3 is 5.32 Å². The van der Waals surface area contributed by atoms with Gasteiger partial charge in [0, 0.05) is 29.7 Å². The molecule has 2 rings (SSSR count). The molecular weight excluding hydrogens is 268 g/mol. The summed E-state index contributed by atoms with van der Waals surface area (Å²) in [4.78, 5) is 2.59. The SMILES string of the molecule is CCCNC1CCN(C(C)c2ccccc2Cl)C(C)C1. The summed E-state index contributed by atoms with van der Waals surface area (Å²) in [5.74, 6) is 0. The molecule has 0 saturated carbocycles. The Morgan fingerprint density at radius 2 is 2.15 bits per heavy atom. The van der Waals surface area contributed by atoms with Gasteiger partial charge in [0.25, 0.3) is 0 Å². The number of nitrogens with one attached hydrogen (secondary N) is 1. The number of hydrogen-bond acceptors (Lipinski definition) is 2. The summed E-state index contributed by atoms with van der Waals surface area (Å²) in [5, 5.41) is 4.55. The third-order valence-electron chi connectivity index (χ3n) is 4.46. The Hall–Kier alpha value is -0.570. The van der Waals surface area contributed by atoms with Crippen molar-refractivity contribution in [2.75, 3.05) is 13.1 Å². The van der Waals surface area contributed by atoms with E-state index in [1.54, 1.807) is 0 Å². The summed E-state index contributed by atoms with van der Waals surface area (Å²) in [6, 6.07) is 9.91. The Balaban J connectivity index is 1.98. The Morgan fingerprint density at radius 1 is 1.40 bits per heavy atom. The predicted molar refractivity (Wildman–Crippen MR) is 87.4 cm³/mol. The van der Waals surface area contributed by atoms with Gasteiger partial charge in [-0.2, -0.15) is 0 Å². The smallest absolute Gasteiger partial charge is 0.0453 e. The first-order valence-corrected chi connectivity index (χ1v) is 8.24. The quantitative estimate of drug-likeness (QED) is 0.873. The van der Waals surface area contributed by atoms with Crippen molar-refractivity contribution in [1.29, 1.82) is 0 Å². The van der Waals surface area contributed by atoms with Crippen LogP contribution >= 0.6 is 11.6 Å². The molecule has 1 aliphatic heterocycles. The van der Waals surface area contributed by atoms with Crippen LogP contribution in [0.1, 0.15) is 51.6 Å². The van der Waals surface area contributed by atoms with Crippen molar-refractivity contribution in [3.8, 4) is 0 Å². The van der Waals surface area contributed by atoms with Crippen LogP contribution in [0.3, 0.4) is 0 Å². The van der Waals surface area contributed by atoms with Crippen LogP contribution in [0.25, 0.3) is 0 Å². The maximum atomic E-state index is 6.34. The molecule has 1 aromatic rings. The molecule has 1 N–H and O–H groups in total. The van der Waals surface area contributed by atoms with Gasteiger partial charge in [-0.25, -0.2) is 0 Å². The van der Waals surface area contributed by atoms with Gasteiger partial charge in [0.2, 0.25) is 0 Å². The Kier molecular flexibility index (Phi) is 5.88. The van der Waals surface area contributed by atoms with E-state index in [-0.39, 0.29) is 0 Å². The van der Waals surface area contributed by atoms with E-state index in [1.807, 2.05) is 12.1 Å². The van der Waals surface area contributed by atoms with Crippen LogP contribution < -0.4 is 5.32 Å². The molecule has 0 aliphatic carbocycles. The van der Waals surface area contributed by atoms with E-state index >= 15 is 0 Å². The van der Waals surface area contributed by atoms with Gasteiger partial charge in [0.05, 0.1) is 0 Å². The van der Waals surface area contributed by atoms with Crippen molar-refractivity contribution >= 4 is 11.6 Å². The van der Waals surface area contributed by atoms with Gasteiger partial charge in [-0.05, 0) is 51.3 Å². The van der Waals surface area contributed by atoms with E-state index in [2.05, 4.69) is 43.1 Å². The molecular formula is C17H27ClN2. The first-order valence-electron chi connectivity index (χ1n) is 7.87. The topological polar surface area (TPSA) is 15.3 Å². The number of nitrogens with zero attached hydrogens (tertiary/aromatic N) is 1. The van der Waals surface area contributed by atoms with E-state index in [0.29, 0.717) is 18.1 Å². The molecule has 112 valence electrons. The minimum atomic E-state index is 0.394. The van der Waals surface area contributed by atoms with Gasteiger partial charge in [0.15, 0.2) is 0 Å².